The van der Waals surface area contributed by atoms with E-state index < -0.39 is 0 Å². The summed E-state index contributed by atoms with van der Waals surface area (Å²) in [4.78, 5) is 17.4. The molecule has 2 aromatic carbocycles. The van der Waals surface area contributed by atoms with E-state index in [2.05, 4.69) is 15.4 Å². The lowest BCUT2D eigenvalue weighted by molar-refractivity contribution is 0.102. The first-order valence-electron chi connectivity index (χ1n) is 9.32. The van der Waals surface area contributed by atoms with Gasteiger partial charge in [0, 0.05) is 11.6 Å². The van der Waals surface area contributed by atoms with E-state index in [4.69, 9.17) is 21.1 Å². The van der Waals surface area contributed by atoms with Crippen LogP contribution in [0.15, 0.2) is 60.8 Å². The summed E-state index contributed by atoms with van der Waals surface area (Å²) in [5, 5.41) is 7.60. The predicted octanol–water partition coefficient (Wildman–Crippen LogP) is 4.71. The van der Waals surface area contributed by atoms with Gasteiger partial charge in [0.25, 0.3) is 5.91 Å². The van der Waals surface area contributed by atoms with E-state index in [0.717, 1.165) is 5.56 Å². The molecule has 0 radical (unpaired) electrons. The normalized spacial score (nSPS) is 10.8. The third-order valence-electron chi connectivity index (χ3n) is 4.45. The van der Waals surface area contributed by atoms with Gasteiger partial charge in [-0.3, -0.25) is 4.79 Å². The average Bonchev–Trinajstić information content (AvgIpc) is 3.19. The fourth-order valence-electron chi connectivity index (χ4n) is 3.02. The number of hydrogen-bond acceptors (Lipinski definition) is 5. The number of nitrogens with one attached hydrogen (secondary N) is 1. The van der Waals surface area contributed by atoms with E-state index in [1.807, 2.05) is 25.1 Å². The van der Waals surface area contributed by atoms with Crippen LogP contribution in [0.1, 0.15) is 17.3 Å². The molecule has 4 rings (SSSR count). The first-order chi connectivity index (χ1) is 14.6. The van der Waals surface area contributed by atoms with Crippen LogP contribution in [0.3, 0.4) is 0 Å². The molecule has 0 fully saturated rings. The van der Waals surface area contributed by atoms with Crippen LogP contribution in [0, 0.1) is 0 Å². The summed E-state index contributed by atoms with van der Waals surface area (Å²) in [6, 6.07) is 16.0. The van der Waals surface area contributed by atoms with Crippen LogP contribution in [-0.4, -0.2) is 34.2 Å². The van der Waals surface area contributed by atoms with Gasteiger partial charge in [-0.05, 0) is 37.3 Å². The van der Waals surface area contributed by atoms with E-state index in [1.54, 1.807) is 54.2 Å². The molecule has 0 unspecified atom stereocenters. The first-order valence-corrected chi connectivity index (χ1v) is 9.70. The van der Waals surface area contributed by atoms with Crippen molar-refractivity contribution in [2.75, 3.05) is 19.0 Å². The number of ether oxygens (including phenoxy) is 2. The Morgan fingerprint density at radius 1 is 1.17 bits per heavy atom. The number of rotatable bonds is 6. The second kappa shape index (κ2) is 8.42. The number of anilines is 1. The van der Waals surface area contributed by atoms with Crippen molar-refractivity contribution in [3.63, 3.8) is 0 Å². The fourth-order valence-corrected chi connectivity index (χ4v) is 3.18. The molecule has 7 nitrogen and oxygen atoms in total. The van der Waals surface area contributed by atoms with Crippen molar-refractivity contribution >= 4 is 28.8 Å². The van der Waals surface area contributed by atoms with Crippen molar-refractivity contribution in [2.24, 2.45) is 0 Å². The molecular formula is C22H19ClN4O3. The summed E-state index contributed by atoms with van der Waals surface area (Å²) in [5.41, 5.74) is 3.07. The smallest absolute Gasteiger partial charge is 0.259 e. The highest BCUT2D eigenvalue weighted by molar-refractivity contribution is 6.34. The van der Waals surface area contributed by atoms with Gasteiger partial charge in [-0.2, -0.15) is 0 Å². The number of halogens is 1. The molecule has 2 heterocycles. The van der Waals surface area contributed by atoms with Crippen LogP contribution in [0.4, 0.5) is 5.69 Å². The second-order valence-electron chi connectivity index (χ2n) is 6.38. The molecule has 0 spiro atoms. The van der Waals surface area contributed by atoms with Gasteiger partial charge in [0.05, 0.1) is 41.9 Å². The number of carbonyl (C=O) groups is 1. The minimum atomic E-state index is -0.306. The second-order valence-corrected chi connectivity index (χ2v) is 6.79. The minimum Gasteiger partial charge on any atom is -0.493 e. The first kappa shape index (κ1) is 19.7. The van der Waals surface area contributed by atoms with Crippen molar-refractivity contribution in [2.45, 2.75) is 6.92 Å². The molecule has 30 heavy (non-hydrogen) atoms. The van der Waals surface area contributed by atoms with E-state index in [0.29, 0.717) is 45.9 Å². The summed E-state index contributed by atoms with van der Waals surface area (Å²) in [7, 11) is 1.56. The molecular weight excluding hydrogens is 404 g/mol. The molecule has 152 valence electrons. The van der Waals surface area contributed by atoms with Crippen LogP contribution in [-0.2, 0) is 0 Å². The number of methoxy groups -OCH3 is 1. The maximum atomic E-state index is 12.8. The Hall–Kier alpha value is -3.58. The summed E-state index contributed by atoms with van der Waals surface area (Å²) in [6.45, 7) is 2.33. The van der Waals surface area contributed by atoms with Gasteiger partial charge >= 0.3 is 0 Å². The Morgan fingerprint density at radius 2 is 2.00 bits per heavy atom. The monoisotopic (exact) mass is 422 g/mol. The van der Waals surface area contributed by atoms with Gasteiger partial charge in [0.15, 0.2) is 5.65 Å². The zero-order valence-electron chi connectivity index (χ0n) is 16.4. The minimum absolute atomic E-state index is 0.306. The summed E-state index contributed by atoms with van der Waals surface area (Å²) in [5.74, 6) is 0.702. The van der Waals surface area contributed by atoms with E-state index >= 15 is 0 Å². The maximum Gasteiger partial charge on any atom is 0.259 e. The molecule has 0 atom stereocenters. The molecule has 0 aliphatic carbocycles. The van der Waals surface area contributed by atoms with Gasteiger partial charge in [-0.25, -0.2) is 9.50 Å². The Kier molecular flexibility index (Phi) is 5.54. The van der Waals surface area contributed by atoms with Crippen molar-refractivity contribution in [1.29, 1.82) is 0 Å². The fraction of sp³-hybridized carbons (Fsp3) is 0.136. The zero-order chi connectivity index (χ0) is 21.1. The highest BCUT2D eigenvalue weighted by Gasteiger charge is 2.15. The number of fused-ring (bicyclic) bond motifs is 1. The molecule has 1 amide bonds. The molecule has 1 N–H and O–H groups in total. The van der Waals surface area contributed by atoms with Crippen molar-refractivity contribution in [3.8, 4) is 22.9 Å². The molecule has 0 saturated heterocycles. The molecule has 2 aromatic heterocycles. The summed E-state index contributed by atoms with van der Waals surface area (Å²) in [6.07, 6.45) is 1.79. The number of aromatic nitrogens is 3. The van der Waals surface area contributed by atoms with Crippen LogP contribution in [0.2, 0.25) is 5.02 Å². The molecule has 4 aromatic rings. The molecule has 8 heteroatoms. The topological polar surface area (TPSA) is 77.8 Å². The largest absolute Gasteiger partial charge is 0.493 e. The van der Waals surface area contributed by atoms with Gasteiger partial charge in [0.1, 0.15) is 5.75 Å². The highest BCUT2D eigenvalue weighted by atomic mass is 35.5. The number of imidazole rings is 1. The number of benzene rings is 2. The van der Waals surface area contributed by atoms with Gasteiger partial charge in [-0.15, -0.1) is 5.10 Å². The molecule has 0 aliphatic rings. The van der Waals surface area contributed by atoms with E-state index in [-0.39, 0.29) is 5.91 Å². The Morgan fingerprint density at radius 3 is 2.80 bits per heavy atom. The number of para-hydroxylation sites is 1. The quantitative estimate of drug-likeness (QED) is 0.487. The van der Waals surface area contributed by atoms with Crippen LogP contribution < -0.4 is 14.8 Å². The van der Waals surface area contributed by atoms with Crippen molar-refractivity contribution in [1.82, 2.24) is 14.6 Å². The van der Waals surface area contributed by atoms with Crippen LogP contribution in [0.25, 0.3) is 16.9 Å². The lowest BCUT2D eigenvalue weighted by atomic mass is 10.1. The number of hydrogen-bond donors (Lipinski definition) is 1. The predicted molar refractivity (Wildman–Crippen MR) is 116 cm³/mol. The van der Waals surface area contributed by atoms with Crippen LogP contribution >= 0.6 is 11.6 Å². The molecule has 0 aliphatic heterocycles. The lowest BCUT2D eigenvalue weighted by Gasteiger charge is -2.12. The summed E-state index contributed by atoms with van der Waals surface area (Å²) >= 11 is 6.33. The standard InChI is InChI=1S/C22H19ClN4O3/c1-3-30-19-7-5-4-6-15(19)22(28)25-17-12-14(8-9-16(17)23)18-13-27-20(24-18)10-11-21(26-27)29-2/h4-13H,3H2,1-2H3,(H,25,28). The van der Waals surface area contributed by atoms with Gasteiger partial charge < -0.3 is 14.8 Å². The third kappa shape index (κ3) is 3.92. The van der Waals surface area contributed by atoms with E-state index in [9.17, 15) is 4.79 Å². The van der Waals surface area contributed by atoms with E-state index in [1.165, 1.54) is 0 Å². The molecule has 0 bridgehead atoms. The SMILES string of the molecule is CCOc1ccccc1C(=O)Nc1cc(-c2cn3nc(OC)ccc3n2)ccc1Cl. The highest BCUT2D eigenvalue weighted by Crippen LogP contribution is 2.30. The average molecular weight is 423 g/mol. The maximum absolute atomic E-state index is 12.8. The Balaban J connectivity index is 1.65. The number of amides is 1. The molecule has 0 saturated carbocycles. The van der Waals surface area contributed by atoms with Crippen molar-refractivity contribution < 1.29 is 14.3 Å². The van der Waals surface area contributed by atoms with Crippen molar-refractivity contribution in [3.05, 3.63) is 71.4 Å². The van der Waals surface area contributed by atoms with Gasteiger partial charge in [-0.1, -0.05) is 29.8 Å². The number of carbonyl (C=O) groups excluding carboxylic acids is 1. The zero-order valence-corrected chi connectivity index (χ0v) is 17.2. The van der Waals surface area contributed by atoms with Gasteiger partial charge in [0.2, 0.25) is 5.88 Å². The number of nitrogens with zero attached hydrogens (tertiary/aromatic N) is 3. The summed E-state index contributed by atoms with van der Waals surface area (Å²) < 4.78 is 12.3. The van der Waals surface area contributed by atoms with Crippen LogP contribution in [0.5, 0.6) is 11.6 Å². The lowest BCUT2D eigenvalue weighted by Crippen LogP contribution is -2.14. The Labute approximate surface area is 178 Å². The Bertz CT molecular complexity index is 1220. The third-order valence-corrected chi connectivity index (χ3v) is 4.78.